The van der Waals surface area contributed by atoms with Gasteiger partial charge in [-0.25, -0.2) is 8.42 Å². The summed E-state index contributed by atoms with van der Waals surface area (Å²) in [5.74, 6) is -0.655. The molecule has 32 heavy (non-hydrogen) atoms. The predicted molar refractivity (Wildman–Crippen MR) is 123 cm³/mol. The minimum atomic E-state index is -3.67. The van der Waals surface area contributed by atoms with Gasteiger partial charge in [0, 0.05) is 19.3 Å². The van der Waals surface area contributed by atoms with Crippen molar-refractivity contribution in [2.75, 3.05) is 18.9 Å². The average molecular weight is 452 g/mol. The Hall–Kier alpha value is -3.49. The third-order valence-corrected chi connectivity index (χ3v) is 6.57. The minimum Gasteiger partial charge on any atom is -0.347 e. The van der Waals surface area contributed by atoms with Crippen molar-refractivity contribution in [3.63, 3.8) is 0 Å². The first kappa shape index (κ1) is 23.2. The second-order valence-corrected chi connectivity index (χ2v) is 9.30. The van der Waals surface area contributed by atoms with Crippen molar-refractivity contribution in [3.8, 4) is 0 Å². The van der Waals surface area contributed by atoms with Crippen molar-refractivity contribution in [3.05, 3.63) is 96.1 Å². The molecule has 0 fully saturated rings. The largest absolute Gasteiger partial charge is 0.347 e. The van der Waals surface area contributed by atoms with E-state index in [4.69, 9.17) is 0 Å². The van der Waals surface area contributed by atoms with Crippen LogP contribution in [-0.4, -0.2) is 38.1 Å². The molecular formula is C24H25N3O4S. The van der Waals surface area contributed by atoms with Gasteiger partial charge in [-0.2, -0.15) is 4.31 Å². The molecule has 0 unspecified atom stereocenters. The highest BCUT2D eigenvalue weighted by Gasteiger charge is 2.21. The molecule has 0 aliphatic carbocycles. The lowest BCUT2D eigenvalue weighted by atomic mass is 10.1. The van der Waals surface area contributed by atoms with Gasteiger partial charge in [-0.05, 0) is 35.4 Å². The number of hydrogen-bond donors (Lipinski definition) is 2. The Bertz CT molecular complexity index is 1150. The van der Waals surface area contributed by atoms with Crippen LogP contribution in [0.2, 0.25) is 0 Å². The van der Waals surface area contributed by atoms with Gasteiger partial charge in [0.15, 0.2) is 0 Å². The van der Waals surface area contributed by atoms with E-state index in [1.165, 1.54) is 35.6 Å². The lowest BCUT2D eigenvalue weighted by Gasteiger charge is -2.17. The van der Waals surface area contributed by atoms with Crippen molar-refractivity contribution in [2.45, 2.75) is 17.9 Å². The van der Waals surface area contributed by atoms with Crippen LogP contribution < -0.4 is 10.6 Å². The first-order valence-electron chi connectivity index (χ1n) is 10.1. The van der Waals surface area contributed by atoms with Crippen molar-refractivity contribution < 1.29 is 18.0 Å². The van der Waals surface area contributed by atoms with Gasteiger partial charge in [-0.15, -0.1) is 0 Å². The number of carbonyl (C=O) groups is 2. The van der Waals surface area contributed by atoms with Crippen molar-refractivity contribution in [1.82, 2.24) is 9.62 Å². The average Bonchev–Trinajstić information content (AvgIpc) is 2.79. The summed E-state index contributed by atoms with van der Waals surface area (Å²) < 4.78 is 26.9. The highest BCUT2D eigenvalue weighted by Crippen LogP contribution is 2.19. The molecule has 0 heterocycles. The second-order valence-electron chi connectivity index (χ2n) is 7.26. The summed E-state index contributed by atoms with van der Waals surface area (Å²) in [5.41, 5.74) is 2.19. The van der Waals surface area contributed by atoms with Crippen LogP contribution in [0.1, 0.15) is 11.1 Å². The highest BCUT2D eigenvalue weighted by atomic mass is 32.2. The van der Waals surface area contributed by atoms with Gasteiger partial charge >= 0.3 is 0 Å². The first-order chi connectivity index (χ1) is 15.3. The molecule has 0 bridgehead atoms. The Kier molecular flexibility index (Phi) is 7.75. The minimum absolute atomic E-state index is 0.130. The van der Waals surface area contributed by atoms with E-state index < -0.39 is 15.9 Å². The lowest BCUT2D eigenvalue weighted by Crippen LogP contribution is -2.33. The first-order valence-corrected chi connectivity index (χ1v) is 11.5. The van der Waals surface area contributed by atoms with E-state index in [1.807, 2.05) is 60.7 Å². The summed E-state index contributed by atoms with van der Waals surface area (Å²) in [7, 11) is -2.15. The van der Waals surface area contributed by atoms with Gasteiger partial charge in [0.25, 0.3) is 0 Å². The summed E-state index contributed by atoms with van der Waals surface area (Å²) >= 11 is 0. The van der Waals surface area contributed by atoms with E-state index >= 15 is 0 Å². The number of amides is 2. The number of sulfonamides is 1. The lowest BCUT2D eigenvalue weighted by molar-refractivity contribution is -0.123. The Morgan fingerprint density at radius 1 is 0.781 bits per heavy atom. The normalized spacial score (nSPS) is 11.2. The van der Waals surface area contributed by atoms with Crippen LogP contribution in [0.4, 0.5) is 5.69 Å². The number of nitrogens with zero attached hydrogens (tertiary/aromatic N) is 1. The van der Waals surface area contributed by atoms with E-state index in [0.717, 1.165) is 11.1 Å². The van der Waals surface area contributed by atoms with Crippen LogP contribution in [0, 0.1) is 0 Å². The molecule has 166 valence electrons. The van der Waals surface area contributed by atoms with Crippen LogP contribution in [0.3, 0.4) is 0 Å². The third-order valence-electron chi connectivity index (χ3n) is 4.75. The van der Waals surface area contributed by atoms with Crippen LogP contribution >= 0.6 is 0 Å². The number of hydrogen-bond acceptors (Lipinski definition) is 4. The number of rotatable bonds is 9. The molecule has 0 saturated carbocycles. The smallest absolute Gasteiger partial charge is 0.243 e. The molecule has 8 heteroatoms. The molecule has 3 rings (SSSR count). The SMILES string of the molecule is CN(Cc1ccccc1)S(=O)(=O)c1ccc(NC(=O)CNC(=O)Cc2ccccc2)cc1. The Morgan fingerprint density at radius 3 is 1.94 bits per heavy atom. The maximum Gasteiger partial charge on any atom is 0.243 e. The topological polar surface area (TPSA) is 95.6 Å². The molecule has 0 aliphatic rings. The van der Waals surface area contributed by atoms with Gasteiger partial charge in [0.1, 0.15) is 0 Å². The fourth-order valence-electron chi connectivity index (χ4n) is 3.04. The van der Waals surface area contributed by atoms with Gasteiger partial charge in [0.05, 0.1) is 17.9 Å². The molecule has 2 amide bonds. The Labute approximate surface area is 188 Å². The summed E-state index contributed by atoms with van der Waals surface area (Å²) in [6.07, 6.45) is 0.192. The molecule has 3 aromatic rings. The number of nitrogens with one attached hydrogen (secondary N) is 2. The molecular weight excluding hydrogens is 426 g/mol. The quantitative estimate of drug-likeness (QED) is 0.523. The monoisotopic (exact) mass is 451 g/mol. The zero-order valence-electron chi connectivity index (χ0n) is 17.7. The number of benzene rings is 3. The van der Waals surface area contributed by atoms with Crippen LogP contribution in [-0.2, 0) is 32.6 Å². The molecule has 0 spiro atoms. The Balaban J connectivity index is 1.52. The van der Waals surface area contributed by atoms with Crippen LogP contribution in [0.15, 0.2) is 89.8 Å². The van der Waals surface area contributed by atoms with Gasteiger partial charge in [-0.3, -0.25) is 9.59 Å². The molecule has 7 nitrogen and oxygen atoms in total. The summed E-state index contributed by atoms with van der Waals surface area (Å²) in [5, 5.41) is 5.22. The maximum atomic E-state index is 12.8. The van der Waals surface area contributed by atoms with Crippen LogP contribution in [0.5, 0.6) is 0 Å². The molecule has 0 aliphatic heterocycles. The van der Waals surface area contributed by atoms with E-state index in [9.17, 15) is 18.0 Å². The third kappa shape index (κ3) is 6.50. The van der Waals surface area contributed by atoms with Crippen molar-refractivity contribution >= 4 is 27.5 Å². The fourth-order valence-corrected chi connectivity index (χ4v) is 4.20. The molecule has 0 saturated heterocycles. The summed E-state index contributed by atoms with van der Waals surface area (Å²) in [6, 6.07) is 24.5. The van der Waals surface area contributed by atoms with Crippen molar-refractivity contribution in [2.24, 2.45) is 0 Å². The molecule has 0 atom stereocenters. The maximum absolute atomic E-state index is 12.8. The molecule has 3 aromatic carbocycles. The molecule has 2 N–H and O–H groups in total. The van der Waals surface area contributed by atoms with E-state index in [1.54, 1.807) is 0 Å². The molecule has 0 aromatic heterocycles. The standard InChI is InChI=1S/C24H25N3O4S/c1-27(18-20-10-6-3-7-11-20)32(30,31)22-14-12-21(13-15-22)26-24(29)17-25-23(28)16-19-8-4-2-5-9-19/h2-15H,16-18H2,1H3,(H,25,28)(H,26,29). The summed E-state index contributed by atoms with van der Waals surface area (Å²) in [6.45, 7) is 0.0792. The number of carbonyl (C=O) groups excluding carboxylic acids is 2. The van der Waals surface area contributed by atoms with E-state index in [-0.39, 0.29) is 30.3 Å². The van der Waals surface area contributed by atoms with Gasteiger partial charge in [-0.1, -0.05) is 60.7 Å². The van der Waals surface area contributed by atoms with Crippen LogP contribution in [0.25, 0.3) is 0 Å². The van der Waals surface area contributed by atoms with E-state index in [0.29, 0.717) is 5.69 Å². The highest BCUT2D eigenvalue weighted by molar-refractivity contribution is 7.89. The van der Waals surface area contributed by atoms with Gasteiger partial charge < -0.3 is 10.6 Å². The second kappa shape index (κ2) is 10.7. The van der Waals surface area contributed by atoms with Crippen molar-refractivity contribution in [1.29, 1.82) is 0 Å². The fraction of sp³-hybridized carbons (Fsp3) is 0.167. The zero-order chi connectivity index (χ0) is 23.0. The molecule has 0 radical (unpaired) electrons. The zero-order valence-corrected chi connectivity index (χ0v) is 18.5. The predicted octanol–water partition coefficient (Wildman–Crippen LogP) is 2.80. The number of anilines is 1. The van der Waals surface area contributed by atoms with Gasteiger partial charge in [0.2, 0.25) is 21.8 Å². The Morgan fingerprint density at radius 2 is 1.34 bits per heavy atom. The summed E-state index contributed by atoms with van der Waals surface area (Å²) in [4.78, 5) is 24.2. The van der Waals surface area contributed by atoms with E-state index in [2.05, 4.69) is 10.6 Å².